The molecule has 0 aliphatic rings. The average Bonchev–Trinajstić information content (AvgIpc) is 2.73. The number of hydrogen-bond acceptors (Lipinski definition) is 6. The highest BCUT2D eigenvalue weighted by molar-refractivity contribution is 7.92. The summed E-state index contributed by atoms with van der Waals surface area (Å²) in [6.45, 7) is 5.30. The van der Waals surface area contributed by atoms with Gasteiger partial charge in [-0.05, 0) is 80.4 Å². The monoisotopic (exact) mass is 469 g/mol. The van der Waals surface area contributed by atoms with Gasteiger partial charge < -0.3 is 10.1 Å². The van der Waals surface area contributed by atoms with Gasteiger partial charge in [0.2, 0.25) is 0 Å². The van der Waals surface area contributed by atoms with Crippen molar-refractivity contribution in [1.29, 1.82) is 0 Å². The summed E-state index contributed by atoms with van der Waals surface area (Å²) in [4.78, 5) is 22.6. The third kappa shape index (κ3) is 6.30. The van der Waals surface area contributed by atoms with Gasteiger partial charge in [-0.25, -0.2) is 8.42 Å². The van der Waals surface area contributed by atoms with Crippen molar-refractivity contribution in [2.24, 2.45) is 0 Å². The van der Waals surface area contributed by atoms with Crippen LogP contribution in [0.15, 0.2) is 71.6 Å². The number of ether oxygens (including phenoxy) is 1. The summed E-state index contributed by atoms with van der Waals surface area (Å²) in [5.74, 6) is -0.153. The molecule has 0 bridgehead atoms. The number of nitro groups is 1. The first kappa shape index (κ1) is 23.7. The van der Waals surface area contributed by atoms with Gasteiger partial charge in [-0.15, -0.1) is 0 Å². The van der Waals surface area contributed by atoms with Gasteiger partial charge in [0.15, 0.2) is 6.10 Å². The Morgan fingerprint density at radius 1 is 0.939 bits per heavy atom. The molecule has 0 heterocycles. The molecule has 2 N–H and O–H groups in total. The number of benzene rings is 3. The summed E-state index contributed by atoms with van der Waals surface area (Å²) >= 11 is 0. The van der Waals surface area contributed by atoms with Crippen LogP contribution in [0.1, 0.15) is 18.1 Å². The lowest BCUT2D eigenvalue weighted by Crippen LogP contribution is -2.30. The van der Waals surface area contributed by atoms with E-state index < -0.39 is 27.0 Å². The average molecular weight is 470 g/mol. The zero-order chi connectivity index (χ0) is 24.2. The van der Waals surface area contributed by atoms with Crippen molar-refractivity contribution in [1.82, 2.24) is 0 Å². The molecule has 1 amide bonds. The highest BCUT2D eigenvalue weighted by Gasteiger charge is 2.18. The molecule has 1 unspecified atom stereocenters. The molecule has 172 valence electrons. The molecule has 1 atom stereocenters. The number of anilines is 2. The molecular weight excluding hydrogens is 446 g/mol. The first-order valence-corrected chi connectivity index (χ1v) is 11.4. The third-order valence-electron chi connectivity index (χ3n) is 4.64. The van der Waals surface area contributed by atoms with E-state index in [1.165, 1.54) is 55.5 Å². The number of nitrogens with one attached hydrogen (secondary N) is 2. The molecule has 9 nitrogen and oxygen atoms in total. The van der Waals surface area contributed by atoms with E-state index in [4.69, 9.17) is 4.74 Å². The van der Waals surface area contributed by atoms with Gasteiger partial charge in [-0.2, -0.15) is 0 Å². The van der Waals surface area contributed by atoms with Crippen LogP contribution >= 0.6 is 0 Å². The van der Waals surface area contributed by atoms with Gasteiger partial charge in [0.1, 0.15) is 5.75 Å². The number of amides is 1. The largest absolute Gasteiger partial charge is 0.481 e. The Bertz CT molecular complexity index is 1250. The summed E-state index contributed by atoms with van der Waals surface area (Å²) < 4.78 is 33.4. The standard InChI is InChI=1S/C23H23N3O6S/c1-15-12-16(2)14-19(13-15)25-33(30,31)22-10-4-18(5-11-22)24-23(27)17(3)32-21-8-6-20(7-9-21)26(28)29/h4-14,17,25H,1-3H3,(H,24,27). The summed E-state index contributed by atoms with van der Waals surface area (Å²) in [5, 5.41) is 13.4. The number of carbonyl (C=O) groups excluding carboxylic acids is 1. The van der Waals surface area contributed by atoms with E-state index in [9.17, 15) is 23.3 Å². The lowest BCUT2D eigenvalue weighted by Gasteiger charge is -2.15. The van der Waals surface area contributed by atoms with Gasteiger partial charge in [0.05, 0.1) is 9.82 Å². The van der Waals surface area contributed by atoms with Crippen LogP contribution in [0.3, 0.4) is 0 Å². The first-order chi connectivity index (χ1) is 15.5. The summed E-state index contributed by atoms with van der Waals surface area (Å²) in [6, 6.07) is 16.5. The predicted molar refractivity (Wildman–Crippen MR) is 125 cm³/mol. The van der Waals surface area contributed by atoms with Gasteiger partial charge >= 0.3 is 0 Å². The van der Waals surface area contributed by atoms with Crippen LogP contribution in [-0.2, 0) is 14.8 Å². The molecule has 0 aliphatic heterocycles. The Morgan fingerprint density at radius 2 is 1.52 bits per heavy atom. The number of sulfonamides is 1. The molecule has 0 spiro atoms. The first-order valence-electron chi connectivity index (χ1n) is 9.97. The van der Waals surface area contributed by atoms with Crippen molar-refractivity contribution in [2.75, 3.05) is 10.0 Å². The number of hydrogen-bond donors (Lipinski definition) is 2. The number of nitro benzene ring substituents is 1. The minimum Gasteiger partial charge on any atom is -0.481 e. The Labute approximate surface area is 191 Å². The quantitative estimate of drug-likeness (QED) is 0.371. The maximum Gasteiger partial charge on any atom is 0.269 e. The van der Waals surface area contributed by atoms with Crippen LogP contribution in [0.25, 0.3) is 0 Å². The van der Waals surface area contributed by atoms with E-state index in [1.54, 1.807) is 12.1 Å². The molecule has 10 heteroatoms. The van der Waals surface area contributed by atoms with Gasteiger partial charge in [-0.3, -0.25) is 19.6 Å². The fourth-order valence-electron chi connectivity index (χ4n) is 3.11. The maximum atomic E-state index is 12.7. The lowest BCUT2D eigenvalue weighted by atomic mass is 10.1. The van der Waals surface area contributed by atoms with Gasteiger partial charge in [0.25, 0.3) is 21.6 Å². The normalized spacial score (nSPS) is 12.0. The van der Waals surface area contributed by atoms with Crippen LogP contribution in [0.5, 0.6) is 5.75 Å². The second-order valence-corrected chi connectivity index (χ2v) is 9.19. The fraction of sp³-hybridized carbons (Fsp3) is 0.174. The number of carbonyl (C=O) groups is 1. The van der Waals surface area contributed by atoms with E-state index in [0.717, 1.165) is 11.1 Å². The van der Waals surface area contributed by atoms with Crippen molar-refractivity contribution in [3.05, 3.63) is 88.0 Å². The number of aryl methyl sites for hydroxylation is 2. The Morgan fingerprint density at radius 3 is 2.06 bits per heavy atom. The molecule has 0 fully saturated rings. The van der Waals surface area contributed by atoms with E-state index in [0.29, 0.717) is 17.1 Å². The van der Waals surface area contributed by atoms with Gasteiger partial charge in [-0.1, -0.05) is 6.07 Å². The highest BCUT2D eigenvalue weighted by atomic mass is 32.2. The minimum absolute atomic E-state index is 0.0508. The summed E-state index contributed by atoms with van der Waals surface area (Å²) in [6.07, 6.45) is -0.888. The van der Waals surface area contributed by atoms with Crippen molar-refractivity contribution in [3.63, 3.8) is 0 Å². The zero-order valence-electron chi connectivity index (χ0n) is 18.2. The molecule has 3 rings (SSSR count). The van der Waals surface area contributed by atoms with Crippen LogP contribution in [0.2, 0.25) is 0 Å². The van der Waals surface area contributed by atoms with Gasteiger partial charge in [0, 0.05) is 23.5 Å². The van der Waals surface area contributed by atoms with Crippen LogP contribution in [0, 0.1) is 24.0 Å². The van der Waals surface area contributed by atoms with E-state index in [1.807, 2.05) is 19.9 Å². The molecule has 33 heavy (non-hydrogen) atoms. The van der Waals surface area contributed by atoms with Crippen LogP contribution in [0.4, 0.5) is 17.1 Å². The third-order valence-corrected chi connectivity index (χ3v) is 6.03. The molecule has 0 saturated heterocycles. The molecule has 0 radical (unpaired) electrons. The Balaban J connectivity index is 1.63. The molecule has 0 saturated carbocycles. The molecule has 0 aliphatic carbocycles. The Kier molecular flexibility index (Phi) is 6.98. The van der Waals surface area contributed by atoms with Crippen molar-refractivity contribution >= 4 is 33.0 Å². The fourth-order valence-corrected chi connectivity index (χ4v) is 4.15. The van der Waals surface area contributed by atoms with E-state index in [2.05, 4.69) is 10.0 Å². The van der Waals surface area contributed by atoms with Crippen molar-refractivity contribution < 1.29 is 22.9 Å². The van der Waals surface area contributed by atoms with E-state index >= 15 is 0 Å². The predicted octanol–water partition coefficient (Wildman–Crippen LogP) is 4.42. The highest BCUT2D eigenvalue weighted by Crippen LogP contribution is 2.21. The molecule has 3 aromatic carbocycles. The summed E-state index contributed by atoms with van der Waals surface area (Å²) in [5.41, 5.74) is 2.67. The lowest BCUT2D eigenvalue weighted by molar-refractivity contribution is -0.384. The van der Waals surface area contributed by atoms with E-state index in [-0.39, 0.29) is 10.6 Å². The Hall–Kier alpha value is -3.92. The summed E-state index contributed by atoms with van der Waals surface area (Å²) in [7, 11) is -3.79. The zero-order valence-corrected chi connectivity index (χ0v) is 19.0. The second kappa shape index (κ2) is 9.70. The molecular formula is C23H23N3O6S. The van der Waals surface area contributed by atoms with Crippen molar-refractivity contribution in [3.8, 4) is 5.75 Å². The SMILES string of the molecule is Cc1cc(C)cc(NS(=O)(=O)c2ccc(NC(=O)C(C)Oc3ccc([N+](=O)[O-])cc3)cc2)c1. The maximum absolute atomic E-state index is 12.7. The number of non-ortho nitro benzene ring substituents is 1. The molecule has 3 aromatic rings. The minimum atomic E-state index is -3.79. The molecule has 0 aromatic heterocycles. The van der Waals surface area contributed by atoms with Crippen LogP contribution < -0.4 is 14.8 Å². The number of rotatable bonds is 8. The topological polar surface area (TPSA) is 128 Å². The second-order valence-electron chi connectivity index (χ2n) is 7.51. The van der Waals surface area contributed by atoms with Crippen LogP contribution in [-0.4, -0.2) is 25.4 Å². The number of nitrogens with zero attached hydrogens (tertiary/aromatic N) is 1. The smallest absolute Gasteiger partial charge is 0.269 e. The van der Waals surface area contributed by atoms with Crippen molar-refractivity contribution in [2.45, 2.75) is 31.8 Å².